The van der Waals surface area contributed by atoms with Crippen molar-refractivity contribution in [3.63, 3.8) is 0 Å². The number of rotatable bonds is 2. The molecule has 0 radical (unpaired) electrons. The molecular weight excluding hydrogens is 196 g/mol. The van der Waals surface area contributed by atoms with Gasteiger partial charge in [0.15, 0.2) is 11.5 Å². The van der Waals surface area contributed by atoms with Crippen LogP contribution in [0.3, 0.4) is 0 Å². The van der Waals surface area contributed by atoms with E-state index in [0.717, 1.165) is 5.69 Å². The number of carbonyl (C=O) groups is 1. The van der Waals surface area contributed by atoms with Crippen LogP contribution in [-0.4, -0.2) is 26.8 Å². The summed E-state index contributed by atoms with van der Waals surface area (Å²) in [7, 11) is 3.34. The molecule has 1 aromatic rings. The third kappa shape index (κ3) is 1.56. The average Bonchev–Trinajstić information content (AvgIpc) is 2.73. The van der Waals surface area contributed by atoms with E-state index in [1.165, 1.54) is 0 Å². The molecular formula is C10H12N2O3. The minimum Gasteiger partial charge on any atom is -0.454 e. The van der Waals surface area contributed by atoms with Crippen molar-refractivity contribution in [2.45, 2.75) is 0 Å². The summed E-state index contributed by atoms with van der Waals surface area (Å²) in [5.41, 5.74) is 1.27. The number of hydrogen-bond donors (Lipinski definition) is 2. The van der Waals surface area contributed by atoms with Gasteiger partial charge in [-0.25, -0.2) is 0 Å². The van der Waals surface area contributed by atoms with Gasteiger partial charge in [-0.15, -0.1) is 0 Å². The Morgan fingerprint density at radius 1 is 1.27 bits per heavy atom. The van der Waals surface area contributed by atoms with Crippen LogP contribution in [-0.2, 0) is 0 Å². The van der Waals surface area contributed by atoms with E-state index < -0.39 is 0 Å². The summed E-state index contributed by atoms with van der Waals surface area (Å²) in [6.07, 6.45) is 0. The molecule has 0 atom stereocenters. The maximum absolute atomic E-state index is 11.5. The molecule has 2 rings (SSSR count). The molecule has 0 aromatic heterocycles. The highest BCUT2D eigenvalue weighted by Crippen LogP contribution is 2.36. The molecule has 1 aromatic carbocycles. The molecule has 0 unspecified atom stereocenters. The van der Waals surface area contributed by atoms with E-state index in [1.54, 1.807) is 26.2 Å². The number of fused-ring (bicyclic) bond motifs is 1. The quantitative estimate of drug-likeness (QED) is 0.755. The van der Waals surface area contributed by atoms with Crippen LogP contribution >= 0.6 is 0 Å². The molecule has 1 aliphatic heterocycles. The maximum atomic E-state index is 11.5. The van der Waals surface area contributed by atoms with Crippen LogP contribution in [0, 0.1) is 0 Å². The molecule has 0 saturated carbocycles. The maximum Gasteiger partial charge on any atom is 0.253 e. The first-order valence-electron chi connectivity index (χ1n) is 4.59. The average molecular weight is 208 g/mol. The fourth-order valence-electron chi connectivity index (χ4n) is 1.47. The van der Waals surface area contributed by atoms with Crippen molar-refractivity contribution in [1.82, 2.24) is 5.32 Å². The van der Waals surface area contributed by atoms with E-state index in [4.69, 9.17) is 9.47 Å². The monoisotopic (exact) mass is 208 g/mol. The van der Waals surface area contributed by atoms with E-state index in [2.05, 4.69) is 10.6 Å². The second kappa shape index (κ2) is 3.68. The Bertz CT molecular complexity index is 404. The third-order valence-corrected chi connectivity index (χ3v) is 2.25. The standard InChI is InChI=1S/C10H12N2O3/c1-11-7-4-9-8(14-5-15-9)3-6(7)10(13)12-2/h3-4,11H,5H2,1-2H3,(H,12,13). The van der Waals surface area contributed by atoms with Gasteiger partial charge in [-0.2, -0.15) is 0 Å². The summed E-state index contributed by atoms with van der Waals surface area (Å²) in [4.78, 5) is 11.5. The zero-order valence-electron chi connectivity index (χ0n) is 8.59. The Labute approximate surface area is 87.4 Å². The van der Waals surface area contributed by atoms with Gasteiger partial charge in [-0.3, -0.25) is 4.79 Å². The molecule has 0 fully saturated rings. The molecule has 5 heteroatoms. The van der Waals surface area contributed by atoms with Gasteiger partial charge in [-0.1, -0.05) is 0 Å². The Morgan fingerprint density at radius 2 is 1.93 bits per heavy atom. The van der Waals surface area contributed by atoms with Gasteiger partial charge in [0.05, 0.1) is 11.3 Å². The first-order chi connectivity index (χ1) is 7.26. The van der Waals surface area contributed by atoms with Crippen molar-refractivity contribution in [3.05, 3.63) is 17.7 Å². The molecule has 1 aliphatic rings. The summed E-state index contributed by atoms with van der Waals surface area (Å²) in [5, 5.41) is 5.52. The molecule has 1 amide bonds. The first kappa shape index (κ1) is 9.64. The zero-order valence-corrected chi connectivity index (χ0v) is 8.59. The predicted octanol–water partition coefficient (Wildman–Crippen LogP) is 0.817. The minimum atomic E-state index is -0.155. The van der Waals surface area contributed by atoms with Crippen LogP contribution in [0.4, 0.5) is 5.69 Å². The summed E-state index contributed by atoms with van der Waals surface area (Å²) >= 11 is 0. The van der Waals surface area contributed by atoms with E-state index in [1.807, 2.05) is 0 Å². The van der Waals surface area contributed by atoms with Crippen LogP contribution in [0.2, 0.25) is 0 Å². The highest BCUT2D eigenvalue weighted by molar-refractivity contribution is 6.00. The van der Waals surface area contributed by atoms with Gasteiger partial charge in [-0.05, 0) is 6.07 Å². The predicted molar refractivity (Wildman–Crippen MR) is 55.5 cm³/mol. The topological polar surface area (TPSA) is 59.6 Å². The van der Waals surface area contributed by atoms with Crippen molar-refractivity contribution < 1.29 is 14.3 Å². The fourth-order valence-corrected chi connectivity index (χ4v) is 1.47. The zero-order chi connectivity index (χ0) is 10.8. The van der Waals surface area contributed by atoms with Gasteiger partial charge >= 0.3 is 0 Å². The summed E-state index contributed by atoms with van der Waals surface area (Å²) in [6.45, 7) is 0.204. The molecule has 0 saturated heterocycles. The van der Waals surface area contributed by atoms with Gasteiger partial charge in [0, 0.05) is 20.2 Å². The summed E-state index contributed by atoms with van der Waals surface area (Å²) in [5.74, 6) is 1.11. The highest BCUT2D eigenvalue weighted by atomic mass is 16.7. The largest absolute Gasteiger partial charge is 0.454 e. The van der Waals surface area contributed by atoms with Crippen molar-refractivity contribution in [2.75, 3.05) is 26.2 Å². The van der Waals surface area contributed by atoms with Crippen LogP contribution in [0.15, 0.2) is 12.1 Å². The molecule has 80 valence electrons. The first-order valence-corrected chi connectivity index (χ1v) is 4.59. The van der Waals surface area contributed by atoms with Crippen molar-refractivity contribution >= 4 is 11.6 Å². The normalized spacial score (nSPS) is 12.4. The second-order valence-electron chi connectivity index (χ2n) is 3.08. The van der Waals surface area contributed by atoms with Crippen LogP contribution in [0.25, 0.3) is 0 Å². The number of amides is 1. The molecule has 1 heterocycles. The molecule has 5 nitrogen and oxygen atoms in total. The minimum absolute atomic E-state index is 0.155. The molecule has 2 N–H and O–H groups in total. The highest BCUT2D eigenvalue weighted by Gasteiger charge is 2.19. The lowest BCUT2D eigenvalue weighted by Gasteiger charge is -2.08. The SMILES string of the molecule is CNC(=O)c1cc2c(cc1NC)OCO2. The molecule has 15 heavy (non-hydrogen) atoms. The number of hydrogen-bond acceptors (Lipinski definition) is 4. The smallest absolute Gasteiger partial charge is 0.253 e. The van der Waals surface area contributed by atoms with E-state index in [-0.39, 0.29) is 12.7 Å². The Morgan fingerprint density at radius 3 is 2.53 bits per heavy atom. The Hall–Kier alpha value is -1.91. The second-order valence-corrected chi connectivity index (χ2v) is 3.08. The van der Waals surface area contributed by atoms with Crippen LogP contribution < -0.4 is 20.1 Å². The molecule has 0 bridgehead atoms. The van der Waals surface area contributed by atoms with E-state index in [0.29, 0.717) is 17.1 Å². The number of nitrogens with one attached hydrogen (secondary N) is 2. The van der Waals surface area contributed by atoms with E-state index >= 15 is 0 Å². The van der Waals surface area contributed by atoms with E-state index in [9.17, 15) is 4.79 Å². The lowest BCUT2D eigenvalue weighted by Crippen LogP contribution is -2.19. The number of ether oxygens (including phenoxy) is 2. The van der Waals surface area contributed by atoms with Crippen molar-refractivity contribution in [2.24, 2.45) is 0 Å². The number of carbonyl (C=O) groups excluding carboxylic acids is 1. The molecule has 0 spiro atoms. The van der Waals surface area contributed by atoms with Crippen LogP contribution in [0.1, 0.15) is 10.4 Å². The fraction of sp³-hybridized carbons (Fsp3) is 0.300. The third-order valence-electron chi connectivity index (χ3n) is 2.25. The number of benzene rings is 1. The van der Waals surface area contributed by atoms with Crippen LogP contribution in [0.5, 0.6) is 11.5 Å². The Balaban J connectivity index is 2.48. The van der Waals surface area contributed by atoms with Gasteiger partial charge in [0.25, 0.3) is 5.91 Å². The van der Waals surface area contributed by atoms with Gasteiger partial charge < -0.3 is 20.1 Å². The summed E-state index contributed by atoms with van der Waals surface area (Å²) < 4.78 is 10.4. The Kier molecular flexibility index (Phi) is 2.37. The van der Waals surface area contributed by atoms with Gasteiger partial charge in [0.2, 0.25) is 6.79 Å². The van der Waals surface area contributed by atoms with Gasteiger partial charge in [0.1, 0.15) is 0 Å². The molecule has 0 aliphatic carbocycles. The van der Waals surface area contributed by atoms with Crippen molar-refractivity contribution in [1.29, 1.82) is 0 Å². The van der Waals surface area contributed by atoms with Crippen molar-refractivity contribution in [3.8, 4) is 11.5 Å². The number of anilines is 1. The lowest BCUT2D eigenvalue weighted by molar-refractivity contribution is 0.0963. The lowest BCUT2D eigenvalue weighted by atomic mass is 10.1. The summed E-state index contributed by atoms with van der Waals surface area (Å²) in [6, 6.07) is 3.43.